The zero-order chi connectivity index (χ0) is 17.2. The van der Waals surface area contributed by atoms with E-state index in [0.717, 1.165) is 0 Å². The fourth-order valence-corrected chi connectivity index (χ4v) is 4.35. The Morgan fingerprint density at radius 1 is 1.17 bits per heavy atom. The molecule has 1 aromatic rings. The first kappa shape index (κ1) is 17.0. The van der Waals surface area contributed by atoms with E-state index < -0.39 is 10.0 Å². The van der Waals surface area contributed by atoms with Crippen molar-refractivity contribution in [2.45, 2.75) is 11.8 Å². The van der Waals surface area contributed by atoms with Crippen LogP contribution in [0, 0.1) is 17.2 Å². The molecule has 2 aliphatic rings. The molecule has 24 heavy (non-hydrogen) atoms. The number of hydrogen-bond donors (Lipinski definition) is 0. The first-order chi connectivity index (χ1) is 11.5. The number of sulfonamides is 1. The van der Waals surface area contributed by atoms with Crippen molar-refractivity contribution in [3.8, 4) is 17.6 Å². The molecule has 8 heteroatoms. The normalized spacial score (nSPS) is 20.3. The van der Waals surface area contributed by atoms with Gasteiger partial charge in [-0.15, -0.1) is 0 Å². The Kier molecular flexibility index (Phi) is 4.94. The lowest BCUT2D eigenvalue weighted by Gasteiger charge is -2.34. The maximum atomic E-state index is 12.8. The molecular formula is C16H21N3O4S. The van der Waals surface area contributed by atoms with Gasteiger partial charge in [0.05, 0.1) is 16.9 Å². The maximum Gasteiger partial charge on any atom is 0.243 e. The number of hydrogen-bond acceptors (Lipinski definition) is 6. The first-order valence-electron chi connectivity index (χ1n) is 8.02. The van der Waals surface area contributed by atoms with Gasteiger partial charge in [0, 0.05) is 38.8 Å². The molecule has 3 rings (SSSR count). The quantitative estimate of drug-likeness (QED) is 0.802. The summed E-state index contributed by atoms with van der Waals surface area (Å²) in [4.78, 5) is 2.36. The van der Waals surface area contributed by atoms with Gasteiger partial charge in [-0.2, -0.15) is 9.57 Å². The standard InChI is InChI=1S/C16H21N3O4S/c1-13(11-17)12-18-4-6-19(7-5-18)24(20,21)14-2-3-15-16(10-14)23-9-8-22-15/h2-3,10,13H,4-9,12H2,1H3/t13-/m1/s1. The van der Waals surface area contributed by atoms with Gasteiger partial charge in [0.1, 0.15) is 13.2 Å². The molecule has 0 aromatic heterocycles. The molecule has 2 heterocycles. The van der Waals surface area contributed by atoms with Gasteiger partial charge in [0.25, 0.3) is 0 Å². The summed E-state index contributed by atoms with van der Waals surface area (Å²) in [6.07, 6.45) is 0. The molecule has 0 unspecified atom stereocenters. The highest BCUT2D eigenvalue weighted by atomic mass is 32.2. The fraction of sp³-hybridized carbons (Fsp3) is 0.562. The Morgan fingerprint density at radius 2 is 1.83 bits per heavy atom. The minimum absolute atomic E-state index is 0.0500. The van der Waals surface area contributed by atoms with E-state index in [1.807, 2.05) is 6.92 Å². The molecule has 0 aliphatic carbocycles. The van der Waals surface area contributed by atoms with E-state index in [1.165, 1.54) is 10.4 Å². The second-order valence-corrected chi connectivity index (χ2v) is 7.98. The number of nitrogens with zero attached hydrogens (tertiary/aromatic N) is 3. The van der Waals surface area contributed by atoms with Crippen LogP contribution in [0.25, 0.3) is 0 Å². The van der Waals surface area contributed by atoms with Crippen LogP contribution in [0.2, 0.25) is 0 Å². The third-order valence-electron chi connectivity index (χ3n) is 4.24. The fourth-order valence-electron chi connectivity index (χ4n) is 2.91. The minimum atomic E-state index is -3.55. The molecule has 1 aromatic carbocycles. The minimum Gasteiger partial charge on any atom is -0.486 e. The van der Waals surface area contributed by atoms with Gasteiger partial charge in [-0.1, -0.05) is 0 Å². The molecule has 0 spiro atoms. The van der Waals surface area contributed by atoms with Crippen molar-refractivity contribution in [2.75, 3.05) is 45.9 Å². The third-order valence-corrected chi connectivity index (χ3v) is 6.13. The van der Waals surface area contributed by atoms with Crippen LogP contribution in [0.3, 0.4) is 0 Å². The highest BCUT2D eigenvalue weighted by Gasteiger charge is 2.30. The summed E-state index contributed by atoms with van der Waals surface area (Å²) in [6, 6.07) is 6.95. The zero-order valence-corrected chi connectivity index (χ0v) is 14.5. The summed E-state index contributed by atoms with van der Waals surface area (Å²) < 4.78 is 38.0. The Balaban J connectivity index is 1.70. The van der Waals surface area contributed by atoms with Gasteiger partial charge in [-0.05, 0) is 19.1 Å². The van der Waals surface area contributed by atoms with Crippen LogP contribution < -0.4 is 9.47 Å². The van der Waals surface area contributed by atoms with Crippen LogP contribution in [-0.2, 0) is 10.0 Å². The summed E-state index contributed by atoms with van der Waals surface area (Å²) in [5, 5.41) is 8.89. The van der Waals surface area contributed by atoms with E-state index >= 15 is 0 Å². The SMILES string of the molecule is C[C@H](C#N)CN1CCN(S(=O)(=O)c2ccc3c(c2)OCCO3)CC1. The van der Waals surface area contributed by atoms with E-state index in [0.29, 0.717) is 57.4 Å². The van der Waals surface area contributed by atoms with Crippen LogP contribution >= 0.6 is 0 Å². The van der Waals surface area contributed by atoms with Crippen molar-refractivity contribution in [2.24, 2.45) is 5.92 Å². The van der Waals surface area contributed by atoms with Crippen LogP contribution in [0.4, 0.5) is 0 Å². The lowest BCUT2D eigenvalue weighted by molar-refractivity contribution is 0.170. The van der Waals surface area contributed by atoms with Gasteiger partial charge < -0.3 is 9.47 Å². The van der Waals surface area contributed by atoms with E-state index in [-0.39, 0.29) is 10.8 Å². The summed E-state index contributed by atoms with van der Waals surface area (Å²) in [6.45, 7) is 5.57. The molecule has 1 fully saturated rings. The molecular weight excluding hydrogens is 330 g/mol. The van der Waals surface area contributed by atoms with Crippen LogP contribution in [0.5, 0.6) is 11.5 Å². The Bertz CT molecular complexity index is 736. The molecule has 130 valence electrons. The van der Waals surface area contributed by atoms with Crippen molar-refractivity contribution in [3.63, 3.8) is 0 Å². The number of ether oxygens (including phenoxy) is 2. The molecule has 0 amide bonds. The average Bonchev–Trinajstić information content (AvgIpc) is 2.61. The predicted octanol–water partition coefficient (Wildman–Crippen LogP) is 0.924. The number of fused-ring (bicyclic) bond motifs is 1. The highest BCUT2D eigenvalue weighted by molar-refractivity contribution is 7.89. The average molecular weight is 351 g/mol. The van der Waals surface area contributed by atoms with E-state index in [9.17, 15) is 8.42 Å². The van der Waals surface area contributed by atoms with Gasteiger partial charge in [0.15, 0.2) is 11.5 Å². The first-order valence-corrected chi connectivity index (χ1v) is 9.46. The molecule has 7 nitrogen and oxygen atoms in total. The number of benzene rings is 1. The summed E-state index contributed by atoms with van der Waals surface area (Å²) in [7, 11) is -3.55. The largest absolute Gasteiger partial charge is 0.486 e. The van der Waals surface area contributed by atoms with Crippen molar-refractivity contribution in [1.82, 2.24) is 9.21 Å². The Morgan fingerprint density at radius 3 is 2.50 bits per heavy atom. The molecule has 0 N–H and O–H groups in total. The van der Waals surface area contributed by atoms with Crippen molar-refractivity contribution in [1.29, 1.82) is 5.26 Å². The predicted molar refractivity (Wildman–Crippen MR) is 87.4 cm³/mol. The molecule has 2 aliphatic heterocycles. The summed E-state index contributed by atoms with van der Waals surface area (Å²) in [5.74, 6) is 1.00. The van der Waals surface area contributed by atoms with E-state index in [2.05, 4.69) is 11.0 Å². The molecule has 0 saturated carbocycles. The lowest BCUT2D eigenvalue weighted by Crippen LogP contribution is -2.49. The number of rotatable bonds is 4. The lowest BCUT2D eigenvalue weighted by atomic mass is 10.2. The third kappa shape index (κ3) is 3.48. The molecule has 0 bridgehead atoms. The Labute approximate surface area is 142 Å². The van der Waals surface area contributed by atoms with Crippen LogP contribution in [-0.4, -0.2) is 63.6 Å². The van der Waals surface area contributed by atoms with Gasteiger partial charge in [0.2, 0.25) is 10.0 Å². The molecule has 1 atom stereocenters. The number of nitriles is 1. The summed E-state index contributed by atoms with van der Waals surface area (Å²) >= 11 is 0. The molecule has 1 saturated heterocycles. The maximum absolute atomic E-state index is 12.8. The van der Waals surface area contributed by atoms with Crippen molar-refractivity contribution in [3.05, 3.63) is 18.2 Å². The van der Waals surface area contributed by atoms with E-state index in [4.69, 9.17) is 14.7 Å². The van der Waals surface area contributed by atoms with Gasteiger partial charge >= 0.3 is 0 Å². The highest BCUT2D eigenvalue weighted by Crippen LogP contribution is 2.33. The Hall–Kier alpha value is -1.82. The zero-order valence-electron chi connectivity index (χ0n) is 13.6. The van der Waals surface area contributed by atoms with Gasteiger partial charge in [-0.25, -0.2) is 8.42 Å². The van der Waals surface area contributed by atoms with Gasteiger partial charge in [-0.3, -0.25) is 4.90 Å². The number of piperazine rings is 1. The second kappa shape index (κ2) is 6.97. The second-order valence-electron chi connectivity index (χ2n) is 6.04. The monoisotopic (exact) mass is 351 g/mol. The van der Waals surface area contributed by atoms with Crippen LogP contribution in [0.15, 0.2) is 23.1 Å². The van der Waals surface area contributed by atoms with Crippen molar-refractivity contribution < 1.29 is 17.9 Å². The topological polar surface area (TPSA) is 82.9 Å². The van der Waals surface area contributed by atoms with Crippen LogP contribution in [0.1, 0.15) is 6.92 Å². The molecule has 0 radical (unpaired) electrons. The van der Waals surface area contributed by atoms with E-state index in [1.54, 1.807) is 12.1 Å². The van der Waals surface area contributed by atoms with Crippen molar-refractivity contribution >= 4 is 10.0 Å². The summed E-state index contributed by atoms with van der Waals surface area (Å²) in [5.41, 5.74) is 0. The smallest absolute Gasteiger partial charge is 0.243 e.